The summed E-state index contributed by atoms with van der Waals surface area (Å²) in [5.41, 5.74) is 1.63. The van der Waals surface area contributed by atoms with Crippen LogP contribution in [0.25, 0.3) is 0 Å². The summed E-state index contributed by atoms with van der Waals surface area (Å²) < 4.78 is 95.3. The number of carbonyl (C=O) groups is 1. The van der Waals surface area contributed by atoms with E-state index in [-0.39, 0.29) is 54.5 Å². The summed E-state index contributed by atoms with van der Waals surface area (Å²) in [6, 6.07) is 13.9. The molecule has 2 aromatic carbocycles. The lowest BCUT2D eigenvalue weighted by atomic mass is 9.81. The molecule has 0 aromatic heterocycles. The lowest BCUT2D eigenvalue weighted by Crippen LogP contribution is -2.43. The predicted octanol–water partition coefficient (Wildman–Crippen LogP) is 7.13. The predicted molar refractivity (Wildman–Crippen MR) is 178 cm³/mol. The van der Waals surface area contributed by atoms with Gasteiger partial charge in [-0.15, -0.1) is 0 Å². The normalized spacial score (nSPS) is 23.6. The van der Waals surface area contributed by atoms with Crippen molar-refractivity contribution in [1.82, 2.24) is 10.2 Å². The van der Waals surface area contributed by atoms with Crippen LogP contribution in [0.1, 0.15) is 80.3 Å². The number of anilines is 1. The minimum absolute atomic E-state index is 0.00984. The zero-order chi connectivity index (χ0) is 36.1. The summed E-state index contributed by atoms with van der Waals surface area (Å²) in [5, 5.41) is 12.3. The first-order chi connectivity index (χ1) is 23.8. The minimum atomic E-state index is -4.16. The molecular weight excluding hydrogens is 679 g/mol. The van der Waals surface area contributed by atoms with E-state index in [4.69, 9.17) is 4.74 Å². The molecule has 0 spiro atoms. The second kappa shape index (κ2) is 16.4. The number of halogens is 5. The Morgan fingerprint density at radius 2 is 1.60 bits per heavy atom. The summed E-state index contributed by atoms with van der Waals surface area (Å²) in [6.07, 6.45) is -0.105. The van der Waals surface area contributed by atoms with Crippen LogP contribution < -0.4 is 10.2 Å². The molecule has 5 rings (SSSR count). The third-order valence-electron chi connectivity index (χ3n) is 10.4. The highest BCUT2D eigenvalue weighted by Gasteiger charge is 2.43. The summed E-state index contributed by atoms with van der Waals surface area (Å²) >= 11 is 0. The van der Waals surface area contributed by atoms with Crippen molar-refractivity contribution in [2.24, 2.45) is 17.8 Å². The number of alkyl halides is 5. The molecule has 50 heavy (non-hydrogen) atoms. The average molecular weight is 725 g/mol. The topological polar surface area (TPSA) is 103 Å². The smallest absolute Gasteiger partial charge is 0.365 e. The third-order valence-corrected chi connectivity index (χ3v) is 12.1. The van der Waals surface area contributed by atoms with Crippen molar-refractivity contribution in [3.8, 4) is 6.07 Å². The molecule has 2 aliphatic carbocycles. The van der Waals surface area contributed by atoms with E-state index in [1.807, 2.05) is 4.90 Å². The third kappa shape index (κ3) is 9.94. The second-order valence-electron chi connectivity index (χ2n) is 13.9. The first kappa shape index (κ1) is 38.0. The number of hydrogen-bond donors (Lipinski definition) is 1. The monoisotopic (exact) mass is 724 g/mol. The molecule has 14 heteroatoms. The van der Waals surface area contributed by atoms with Gasteiger partial charge in [0.2, 0.25) is 0 Å². The maximum atomic E-state index is 13.3. The van der Waals surface area contributed by atoms with E-state index in [1.165, 1.54) is 12.1 Å². The van der Waals surface area contributed by atoms with Gasteiger partial charge in [-0.05, 0) is 98.7 Å². The highest BCUT2D eigenvalue weighted by atomic mass is 32.2. The molecule has 274 valence electrons. The van der Waals surface area contributed by atoms with Crippen LogP contribution in [0.4, 0.5) is 27.6 Å². The molecule has 1 amide bonds. The van der Waals surface area contributed by atoms with Gasteiger partial charge >= 0.3 is 12.8 Å². The molecule has 0 radical (unpaired) electrons. The summed E-state index contributed by atoms with van der Waals surface area (Å²) in [5.74, 6) is -1.03. The molecule has 1 heterocycles. The van der Waals surface area contributed by atoms with Crippen LogP contribution in [0.15, 0.2) is 53.4 Å². The number of nitrogens with one attached hydrogen (secondary N) is 1. The first-order valence-electron chi connectivity index (χ1n) is 17.3. The van der Waals surface area contributed by atoms with E-state index in [0.717, 1.165) is 25.1 Å². The van der Waals surface area contributed by atoms with Gasteiger partial charge in [0.1, 0.15) is 0 Å². The maximum Gasteiger partial charge on any atom is 0.391 e. The van der Waals surface area contributed by atoms with E-state index in [9.17, 15) is 40.4 Å². The standard InChI is InChI=1S/C36H45F5N4O4S/c1-2-50(47,48)32-15-9-26(10-16-32)33(17-18-42)43-34(46)27-7-13-29(14-8-27)45-22-30(19-31(45)23-49-35(37)38)44(20-24-3-4-24)21-25-5-11-28(12-6-25)36(39,40)41/h7-10,13-16,24-25,28,30-31,33,35H,2-6,11-12,17,19-23H2,1H3,(H,43,46)/t25?,28?,30?,31-,33-/m0/s1. The molecule has 2 saturated carbocycles. The molecule has 3 fully saturated rings. The fourth-order valence-electron chi connectivity index (χ4n) is 7.29. The fraction of sp³-hybridized carbons (Fsp3) is 0.611. The first-order valence-corrected chi connectivity index (χ1v) is 19.0. The molecule has 3 aliphatic rings. The van der Waals surface area contributed by atoms with Crippen LogP contribution in [0.2, 0.25) is 0 Å². The van der Waals surface area contributed by atoms with Gasteiger partial charge in [-0.1, -0.05) is 19.1 Å². The number of sulfone groups is 1. The molecule has 1 N–H and O–H groups in total. The van der Waals surface area contributed by atoms with Crippen LogP contribution >= 0.6 is 0 Å². The molecule has 3 atom stereocenters. The Morgan fingerprint density at radius 3 is 2.12 bits per heavy atom. The summed E-state index contributed by atoms with van der Waals surface area (Å²) in [7, 11) is -3.40. The number of carbonyl (C=O) groups excluding carboxylic acids is 1. The van der Waals surface area contributed by atoms with Gasteiger partial charge in [0.25, 0.3) is 5.91 Å². The van der Waals surface area contributed by atoms with Crippen molar-refractivity contribution >= 4 is 21.4 Å². The van der Waals surface area contributed by atoms with E-state index >= 15 is 0 Å². The number of benzene rings is 2. The zero-order valence-corrected chi connectivity index (χ0v) is 28.9. The summed E-state index contributed by atoms with van der Waals surface area (Å²) in [4.78, 5) is 17.8. The van der Waals surface area contributed by atoms with Crippen molar-refractivity contribution in [2.45, 2.75) is 94.1 Å². The minimum Gasteiger partial charge on any atom is -0.365 e. The number of amides is 1. The van der Waals surface area contributed by atoms with Gasteiger partial charge in [-0.25, -0.2) is 8.42 Å². The van der Waals surface area contributed by atoms with Crippen LogP contribution in [0, 0.1) is 29.1 Å². The highest BCUT2D eigenvalue weighted by molar-refractivity contribution is 7.91. The zero-order valence-electron chi connectivity index (χ0n) is 28.1. The van der Waals surface area contributed by atoms with Crippen molar-refractivity contribution in [1.29, 1.82) is 5.26 Å². The number of hydrogen-bond acceptors (Lipinski definition) is 7. The van der Waals surface area contributed by atoms with E-state index in [0.29, 0.717) is 49.4 Å². The SMILES string of the molecule is CCS(=O)(=O)c1ccc([C@H](CC#N)NC(=O)c2ccc(N3CC(N(CC4CC4)CC4CCC(C(F)(F)F)CC4)C[C@H]3COC(F)F)cc2)cc1. The van der Waals surface area contributed by atoms with Gasteiger partial charge < -0.3 is 15.0 Å². The van der Waals surface area contributed by atoms with Crippen molar-refractivity contribution < 1.29 is 39.9 Å². The fourth-order valence-corrected chi connectivity index (χ4v) is 8.17. The number of rotatable bonds is 15. The molecule has 8 nitrogen and oxygen atoms in total. The molecule has 0 bridgehead atoms. The van der Waals surface area contributed by atoms with Gasteiger partial charge in [0, 0.05) is 36.9 Å². The quantitative estimate of drug-likeness (QED) is 0.195. The lowest BCUT2D eigenvalue weighted by Gasteiger charge is -2.36. The number of ether oxygens (including phenoxy) is 1. The van der Waals surface area contributed by atoms with Crippen molar-refractivity contribution in [3.63, 3.8) is 0 Å². The average Bonchev–Trinajstić information content (AvgIpc) is 3.81. The maximum absolute atomic E-state index is 13.3. The Balaban J connectivity index is 1.27. The Morgan fingerprint density at radius 1 is 1.00 bits per heavy atom. The molecule has 1 aliphatic heterocycles. The van der Waals surface area contributed by atoms with E-state index in [2.05, 4.69) is 16.3 Å². The summed E-state index contributed by atoms with van der Waals surface area (Å²) in [6.45, 7) is 0.472. The number of nitriles is 1. The Bertz CT molecular complexity index is 1570. The molecular formula is C36H45F5N4O4S. The van der Waals surface area contributed by atoms with Crippen LogP contribution in [-0.2, 0) is 14.6 Å². The van der Waals surface area contributed by atoms with Crippen LogP contribution in [0.3, 0.4) is 0 Å². The Hall–Kier alpha value is -3.28. The Labute approximate surface area is 290 Å². The van der Waals surface area contributed by atoms with Crippen molar-refractivity contribution in [2.75, 3.05) is 36.9 Å². The molecule has 1 saturated heterocycles. The largest absolute Gasteiger partial charge is 0.391 e. The van der Waals surface area contributed by atoms with E-state index in [1.54, 1.807) is 43.3 Å². The second-order valence-corrected chi connectivity index (χ2v) is 16.1. The van der Waals surface area contributed by atoms with Gasteiger partial charge in [-0.2, -0.15) is 27.2 Å². The van der Waals surface area contributed by atoms with Gasteiger partial charge in [-0.3, -0.25) is 9.69 Å². The number of nitrogens with zero attached hydrogens (tertiary/aromatic N) is 3. The Kier molecular flexibility index (Phi) is 12.4. The van der Waals surface area contributed by atoms with Crippen LogP contribution in [-0.4, -0.2) is 76.1 Å². The van der Waals surface area contributed by atoms with Crippen LogP contribution in [0.5, 0.6) is 0 Å². The molecule has 1 unspecified atom stereocenters. The van der Waals surface area contributed by atoms with E-state index < -0.39 is 40.5 Å². The van der Waals surface area contributed by atoms with Gasteiger partial charge in [0.15, 0.2) is 9.84 Å². The van der Waals surface area contributed by atoms with Gasteiger partial charge in [0.05, 0.1) is 47.7 Å². The van der Waals surface area contributed by atoms with Crippen molar-refractivity contribution in [3.05, 3.63) is 59.7 Å². The highest BCUT2D eigenvalue weighted by Crippen LogP contribution is 2.41. The lowest BCUT2D eigenvalue weighted by molar-refractivity contribution is -0.184. The molecule has 2 aromatic rings.